The number of hydrogen-bond acceptors (Lipinski definition) is 7. The zero-order chi connectivity index (χ0) is 27.2. The SMILES string of the molecule is CC(C)C[C@@H](C(=O)NC1(C#N)CC1)N(C)S(=O)(=O)c1ccc2oc3cc(N4CCOCC4=O)ccc3c2c1. The largest absolute Gasteiger partial charge is 0.456 e. The second-order valence-corrected chi connectivity index (χ2v) is 12.4. The van der Waals surface area contributed by atoms with Gasteiger partial charge in [0.2, 0.25) is 15.9 Å². The monoisotopic (exact) mass is 538 g/mol. The van der Waals surface area contributed by atoms with Crippen LogP contribution in [0.15, 0.2) is 45.7 Å². The summed E-state index contributed by atoms with van der Waals surface area (Å²) >= 11 is 0. The average Bonchev–Trinajstić information content (AvgIpc) is 3.57. The fraction of sp³-hybridized carbons (Fsp3) is 0.444. The van der Waals surface area contributed by atoms with E-state index < -0.39 is 27.5 Å². The molecule has 1 aliphatic carbocycles. The molecular formula is C27H30N4O6S. The van der Waals surface area contributed by atoms with Crippen LogP contribution in [0.4, 0.5) is 5.69 Å². The smallest absolute Gasteiger partial charge is 0.253 e. The van der Waals surface area contributed by atoms with Crippen molar-refractivity contribution in [3.63, 3.8) is 0 Å². The molecule has 1 aromatic heterocycles. The molecule has 1 atom stereocenters. The van der Waals surface area contributed by atoms with Gasteiger partial charge in [-0.25, -0.2) is 8.42 Å². The number of ether oxygens (including phenoxy) is 1. The molecule has 1 saturated heterocycles. The topological polar surface area (TPSA) is 133 Å². The van der Waals surface area contributed by atoms with E-state index >= 15 is 0 Å². The Morgan fingerprint density at radius 3 is 2.61 bits per heavy atom. The molecule has 1 aliphatic heterocycles. The van der Waals surface area contributed by atoms with Crippen molar-refractivity contribution in [2.45, 2.75) is 49.6 Å². The second-order valence-electron chi connectivity index (χ2n) is 10.4. The van der Waals surface area contributed by atoms with Crippen molar-refractivity contribution in [2.24, 2.45) is 5.92 Å². The lowest BCUT2D eigenvalue weighted by Crippen LogP contribution is -2.51. The number of amides is 2. The standard InChI is InChI=1S/C27H30N4O6S/c1-17(2)12-22(26(33)29-27(16-28)8-9-27)30(3)38(34,35)19-5-7-23-21(14-19)20-6-4-18(13-24(20)37-23)31-10-11-36-15-25(31)32/h4-7,13-14,17,22H,8-12,15H2,1-3H3,(H,29,33)/t22-/m0/s1. The van der Waals surface area contributed by atoms with Gasteiger partial charge < -0.3 is 19.4 Å². The van der Waals surface area contributed by atoms with Crippen LogP contribution in [-0.2, 0) is 24.3 Å². The zero-order valence-electron chi connectivity index (χ0n) is 21.6. The third-order valence-electron chi connectivity index (χ3n) is 7.16. The summed E-state index contributed by atoms with van der Waals surface area (Å²) in [6, 6.07) is 11.2. The zero-order valence-corrected chi connectivity index (χ0v) is 22.4. The Morgan fingerprint density at radius 2 is 1.95 bits per heavy atom. The predicted molar refractivity (Wildman–Crippen MR) is 141 cm³/mol. The first-order chi connectivity index (χ1) is 18.0. The summed E-state index contributed by atoms with van der Waals surface area (Å²) in [5.41, 5.74) is 0.831. The van der Waals surface area contributed by atoms with Crippen molar-refractivity contribution in [3.8, 4) is 6.07 Å². The molecular weight excluding hydrogens is 508 g/mol. The molecule has 2 amide bonds. The Kier molecular flexibility index (Phi) is 6.67. The number of sulfonamides is 1. The van der Waals surface area contributed by atoms with Crippen LogP contribution < -0.4 is 10.2 Å². The minimum atomic E-state index is -4.06. The first-order valence-electron chi connectivity index (χ1n) is 12.6. The van der Waals surface area contributed by atoms with Crippen molar-refractivity contribution in [2.75, 3.05) is 31.7 Å². The lowest BCUT2D eigenvalue weighted by Gasteiger charge is -2.28. The van der Waals surface area contributed by atoms with Gasteiger partial charge >= 0.3 is 0 Å². The maximum absolute atomic E-state index is 13.7. The van der Waals surface area contributed by atoms with Crippen molar-refractivity contribution in [3.05, 3.63) is 36.4 Å². The summed E-state index contributed by atoms with van der Waals surface area (Å²) in [7, 11) is -2.66. The van der Waals surface area contributed by atoms with E-state index in [9.17, 15) is 23.3 Å². The van der Waals surface area contributed by atoms with Gasteiger partial charge in [-0.15, -0.1) is 0 Å². The fourth-order valence-corrected chi connectivity index (χ4v) is 6.13. The van der Waals surface area contributed by atoms with E-state index in [0.717, 1.165) is 4.31 Å². The maximum Gasteiger partial charge on any atom is 0.253 e. The van der Waals surface area contributed by atoms with Crippen LogP contribution in [0.5, 0.6) is 0 Å². The summed E-state index contributed by atoms with van der Waals surface area (Å²) in [5, 5.41) is 13.5. The van der Waals surface area contributed by atoms with E-state index in [0.29, 0.717) is 60.0 Å². The fourth-order valence-electron chi connectivity index (χ4n) is 4.77. The number of morpholine rings is 1. The van der Waals surface area contributed by atoms with Gasteiger partial charge in [0, 0.05) is 36.1 Å². The van der Waals surface area contributed by atoms with E-state index in [-0.39, 0.29) is 23.3 Å². The Bertz CT molecular complexity index is 1570. The average molecular weight is 539 g/mol. The van der Waals surface area contributed by atoms with Gasteiger partial charge in [-0.2, -0.15) is 9.57 Å². The first kappa shape index (κ1) is 26.2. The minimum Gasteiger partial charge on any atom is -0.456 e. The third-order valence-corrected chi connectivity index (χ3v) is 9.03. The summed E-state index contributed by atoms with van der Waals surface area (Å²) in [4.78, 5) is 27.0. The molecule has 0 radical (unpaired) electrons. The van der Waals surface area contributed by atoms with Crippen molar-refractivity contribution in [1.29, 1.82) is 5.26 Å². The molecule has 1 saturated carbocycles. The number of fused-ring (bicyclic) bond motifs is 3. The highest BCUT2D eigenvalue weighted by Crippen LogP contribution is 2.36. The van der Waals surface area contributed by atoms with E-state index in [1.54, 1.807) is 29.2 Å². The normalized spacial score (nSPS) is 18.2. The molecule has 2 fully saturated rings. The van der Waals surface area contributed by atoms with Crippen molar-refractivity contribution < 1.29 is 27.2 Å². The Morgan fingerprint density at radius 1 is 1.18 bits per heavy atom. The summed E-state index contributed by atoms with van der Waals surface area (Å²) in [6.45, 7) is 4.76. The van der Waals surface area contributed by atoms with Gasteiger partial charge in [-0.3, -0.25) is 9.59 Å². The number of anilines is 1. The van der Waals surface area contributed by atoms with Crippen molar-refractivity contribution in [1.82, 2.24) is 9.62 Å². The quantitative estimate of drug-likeness (QED) is 0.466. The highest BCUT2D eigenvalue weighted by Gasteiger charge is 2.47. The summed E-state index contributed by atoms with van der Waals surface area (Å²) < 4.78 is 39.7. The number of rotatable bonds is 8. The number of benzene rings is 2. The molecule has 2 aromatic carbocycles. The lowest BCUT2D eigenvalue weighted by atomic mass is 10.0. The molecule has 2 heterocycles. The number of carbonyl (C=O) groups is 2. The van der Waals surface area contributed by atoms with Crippen LogP contribution in [0.1, 0.15) is 33.1 Å². The van der Waals surface area contributed by atoms with E-state index in [2.05, 4.69) is 11.4 Å². The highest BCUT2D eigenvalue weighted by molar-refractivity contribution is 7.89. The van der Waals surface area contributed by atoms with Crippen LogP contribution >= 0.6 is 0 Å². The number of hydrogen-bond donors (Lipinski definition) is 1. The molecule has 3 aromatic rings. The number of furan rings is 1. The van der Waals surface area contributed by atoms with Crippen molar-refractivity contribution >= 4 is 49.5 Å². The Hall–Kier alpha value is -3.46. The highest BCUT2D eigenvalue weighted by atomic mass is 32.2. The number of nitrogens with one attached hydrogen (secondary N) is 1. The molecule has 38 heavy (non-hydrogen) atoms. The van der Waals surface area contributed by atoms with Gasteiger partial charge in [-0.05, 0) is 55.5 Å². The number of likely N-dealkylation sites (N-methyl/N-ethyl adjacent to an activating group) is 1. The van der Waals surface area contributed by atoms with Crippen LogP contribution in [0.25, 0.3) is 21.9 Å². The maximum atomic E-state index is 13.7. The second kappa shape index (κ2) is 9.69. The molecule has 0 bridgehead atoms. The summed E-state index contributed by atoms with van der Waals surface area (Å²) in [6.07, 6.45) is 1.43. The Balaban J connectivity index is 1.47. The molecule has 0 spiro atoms. The van der Waals surface area contributed by atoms with Crippen LogP contribution in [-0.4, -0.2) is 62.9 Å². The third kappa shape index (κ3) is 4.75. The van der Waals surface area contributed by atoms with Gasteiger partial charge in [-0.1, -0.05) is 13.8 Å². The van der Waals surface area contributed by atoms with Crippen LogP contribution in [0.3, 0.4) is 0 Å². The van der Waals surface area contributed by atoms with Gasteiger partial charge in [0.25, 0.3) is 5.91 Å². The molecule has 10 nitrogen and oxygen atoms in total. The molecule has 1 N–H and O–H groups in total. The molecule has 2 aliphatic rings. The van der Waals surface area contributed by atoms with Crippen LogP contribution in [0, 0.1) is 17.2 Å². The predicted octanol–water partition coefficient (Wildman–Crippen LogP) is 3.16. The Labute approximate surface area is 221 Å². The van der Waals surface area contributed by atoms with Gasteiger partial charge in [0.1, 0.15) is 29.4 Å². The molecule has 200 valence electrons. The number of nitriles is 1. The van der Waals surface area contributed by atoms with E-state index in [1.165, 1.54) is 13.1 Å². The first-order valence-corrected chi connectivity index (χ1v) is 14.0. The van der Waals surface area contributed by atoms with Gasteiger partial charge in [0.15, 0.2) is 0 Å². The lowest BCUT2D eigenvalue weighted by molar-refractivity contribution is -0.126. The number of carbonyl (C=O) groups excluding carboxylic acids is 2. The minimum absolute atomic E-state index is 0.0280. The van der Waals surface area contributed by atoms with E-state index in [1.807, 2.05) is 19.9 Å². The molecule has 5 rings (SSSR count). The van der Waals surface area contributed by atoms with Gasteiger partial charge in [0.05, 0.1) is 17.6 Å². The summed E-state index contributed by atoms with van der Waals surface area (Å²) in [5.74, 6) is -0.553. The van der Waals surface area contributed by atoms with Crippen LogP contribution in [0.2, 0.25) is 0 Å². The van der Waals surface area contributed by atoms with E-state index in [4.69, 9.17) is 9.15 Å². The molecule has 0 unspecified atom stereocenters. The molecule has 11 heteroatoms. The number of nitrogens with zero attached hydrogens (tertiary/aromatic N) is 3.